The van der Waals surface area contributed by atoms with Crippen LogP contribution in [0.2, 0.25) is 0 Å². The molecular weight excluding hydrogens is 482 g/mol. The predicted molar refractivity (Wildman–Crippen MR) is 142 cm³/mol. The van der Waals surface area contributed by atoms with Crippen LogP contribution in [-0.4, -0.2) is 30.9 Å². The highest BCUT2D eigenvalue weighted by Gasteiger charge is 2.42. The third-order valence-corrected chi connectivity index (χ3v) is 7.68. The van der Waals surface area contributed by atoms with Crippen molar-refractivity contribution in [2.75, 3.05) is 7.11 Å². The van der Waals surface area contributed by atoms with Crippen LogP contribution in [-0.2, 0) is 19.1 Å². The van der Waals surface area contributed by atoms with Gasteiger partial charge in [0, 0.05) is 42.1 Å². The molecule has 1 saturated carbocycles. The van der Waals surface area contributed by atoms with Crippen molar-refractivity contribution in [3.63, 3.8) is 0 Å². The number of methoxy groups -OCH3 is 1. The van der Waals surface area contributed by atoms with E-state index in [2.05, 4.69) is 5.32 Å². The van der Waals surface area contributed by atoms with Crippen LogP contribution >= 0.6 is 0 Å². The van der Waals surface area contributed by atoms with E-state index in [4.69, 9.17) is 14.2 Å². The van der Waals surface area contributed by atoms with Crippen LogP contribution in [0.5, 0.6) is 11.5 Å². The van der Waals surface area contributed by atoms with E-state index in [1.54, 1.807) is 19.2 Å². The van der Waals surface area contributed by atoms with Gasteiger partial charge in [0.15, 0.2) is 5.78 Å². The van der Waals surface area contributed by atoms with Gasteiger partial charge in [0.1, 0.15) is 17.6 Å². The van der Waals surface area contributed by atoms with Crippen LogP contribution in [0.3, 0.4) is 0 Å². The highest BCUT2D eigenvalue weighted by molar-refractivity contribution is 6.04. The van der Waals surface area contributed by atoms with E-state index in [9.17, 15) is 14.4 Å². The topological polar surface area (TPSA) is 90.9 Å². The number of dihydropyridines is 1. The Morgan fingerprint density at radius 2 is 1.68 bits per heavy atom. The van der Waals surface area contributed by atoms with Gasteiger partial charge < -0.3 is 19.5 Å². The number of ketones is 1. The summed E-state index contributed by atoms with van der Waals surface area (Å²) in [5.74, 6) is -0.257. The lowest BCUT2D eigenvalue weighted by Crippen LogP contribution is -2.36. The largest absolute Gasteiger partial charge is 0.496 e. The predicted octanol–water partition coefficient (Wildman–Crippen LogP) is 5.47. The van der Waals surface area contributed by atoms with Gasteiger partial charge >= 0.3 is 11.9 Å². The summed E-state index contributed by atoms with van der Waals surface area (Å²) in [4.78, 5) is 38.8. The highest BCUT2D eigenvalue weighted by atomic mass is 16.5. The van der Waals surface area contributed by atoms with Crippen LogP contribution in [0.4, 0.5) is 0 Å². The van der Waals surface area contributed by atoms with Gasteiger partial charge in [-0.05, 0) is 68.4 Å². The van der Waals surface area contributed by atoms with Crippen LogP contribution in [0.25, 0.3) is 0 Å². The number of hydrogen-bond donors (Lipinski definition) is 1. The molecule has 1 N–H and O–H groups in total. The average Bonchev–Trinajstić information content (AvgIpc) is 3.40. The van der Waals surface area contributed by atoms with Crippen molar-refractivity contribution in [3.05, 3.63) is 82.2 Å². The molecule has 0 spiro atoms. The van der Waals surface area contributed by atoms with Crippen molar-refractivity contribution in [2.45, 2.75) is 70.3 Å². The summed E-state index contributed by atoms with van der Waals surface area (Å²) in [6.07, 6.45) is 4.66. The van der Waals surface area contributed by atoms with Gasteiger partial charge in [0.2, 0.25) is 0 Å². The van der Waals surface area contributed by atoms with Crippen molar-refractivity contribution in [1.29, 1.82) is 0 Å². The van der Waals surface area contributed by atoms with Crippen LogP contribution in [0.1, 0.15) is 75.3 Å². The van der Waals surface area contributed by atoms with Crippen molar-refractivity contribution in [3.8, 4) is 11.5 Å². The number of nitrogens with one attached hydrogen (secondary N) is 1. The SMILES string of the molecule is COc1ccccc1[C@@H]1CC(=O)C2=C(C1)NC(C)=C(C(=O)OC1CCCC1)[C@H]2c1ccc(OC(C)=O)cc1. The molecule has 7 heteroatoms. The van der Waals surface area contributed by atoms with Crippen molar-refractivity contribution in [1.82, 2.24) is 5.32 Å². The van der Waals surface area contributed by atoms with Gasteiger partial charge in [-0.25, -0.2) is 4.79 Å². The molecule has 1 fully saturated rings. The summed E-state index contributed by atoms with van der Waals surface area (Å²) in [5.41, 5.74) is 4.33. The first-order valence-electron chi connectivity index (χ1n) is 13.2. The summed E-state index contributed by atoms with van der Waals surface area (Å²) in [6.45, 7) is 3.21. The number of ether oxygens (including phenoxy) is 3. The Balaban J connectivity index is 1.54. The van der Waals surface area contributed by atoms with Crippen LogP contribution < -0.4 is 14.8 Å². The maximum atomic E-state index is 13.8. The third kappa shape index (κ3) is 5.10. The second kappa shape index (κ2) is 10.9. The molecule has 2 aliphatic carbocycles. The maximum Gasteiger partial charge on any atom is 0.337 e. The second-order valence-electron chi connectivity index (χ2n) is 10.2. The van der Waals surface area contributed by atoms with E-state index in [1.165, 1.54) is 6.92 Å². The number of para-hydroxylation sites is 1. The molecule has 0 unspecified atom stereocenters. The molecule has 0 amide bonds. The lowest BCUT2D eigenvalue weighted by molar-refractivity contribution is -0.144. The molecule has 38 heavy (non-hydrogen) atoms. The van der Waals surface area contributed by atoms with Gasteiger partial charge in [-0.1, -0.05) is 30.3 Å². The Labute approximate surface area is 222 Å². The van der Waals surface area contributed by atoms with Crippen molar-refractivity contribution >= 4 is 17.7 Å². The number of rotatable bonds is 6. The third-order valence-electron chi connectivity index (χ3n) is 7.68. The zero-order valence-electron chi connectivity index (χ0n) is 22.0. The van der Waals surface area contributed by atoms with E-state index >= 15 is 0 Å². The van der Waals surface area contributed by atoms with E-state index in [0.29, 0.717) is 35.4 Å². The number of carbonyl (C=O) groups excluding carboxylic acids is 3. The van der Waals surface area contributed by atoms with Gasteiger partial charge in [-0.2, -0.15) is 0 Å². The van der Waals surface area contributed by atoms with E-state index in [-0.39, 0.29) is 23.8 Å². The molecule has 0 aromatic heterocycles. The summed E-state index contributed by atoms with van der Waals surface area (Å²) >= 11 is 0. The van der Waals surface area contributed by atoms with Crippen LogP contribution in [0, 0.1) is 0 Å². The molecule has 0 bridgehead atoms. The minimum Gasteiger partial charge on any atom is -0.496 e. The standard InChI is InChI=1S/C31H33NO6/c1-18-28(31(35)38-22-8-4-5-9-22)29(20-12-14-23(15-13-20)37-19(2)33)30-25(32-18)16-21(17-26(30)34)24-10-6-7-11-27(24)36-3/h6-7,10-15,21-22,29,32H,4-5,8-9,16-17H2,1-3H3/t21-,29+/m0/s1. The molecule has 3 aliphatic rings. The smallest absolute Gasteiger partial charge is 0.337 e. The Kier molecular flexibility index (Phi) is 7.36. The summed E-state index contributed by atoms with van der Waals surface area (Å²) in [7, 11) is 1.64. The first-order valence-corrected chi connectivity index (χ1v) is 13.2. The molecule has 198 valence electrons. The van der Waals surface area contributed by atoms with Crippen LogP contribution in [0.15, 0.2) is 71.1 Å². The van der Waals surface area contributed by atoms with E-state index in [0.717, 1.165) is 48.3 Å². The quantitative estimate of drug-likeness (QED) is 0.403. The fraction of sp³-hybridized carbons (Fsp3) is 0.387. The second-order valence-corrected chi connectivity index (χ2v) is 10.2. The fourth-order valence-corrected chi connectivity index (χ4v) is 5.98. The van der Waals surface area contributed by atoms with E-state index in [1.807, 2.05) is 43.3 Å². The summed E-state index contributed by atoms with van der Waals surface area (Å²) in [6, 6.07) is 14.8. The minimum absolute atomic E-state index is 0.0117. The summed E-state index contributed by atoms with van der Waals surface area (Å²) < 4.78 is 16.7. The molecule has 7 nitrogen and oxygen atoms in total. The van der Waals surface area contributed by atoms with Gasteiger partial charge in [0.25, 0.3) is 0 Å². The van der Waals surface area contributed by atoms with Crippen molar-refractivity contribution in [2.24, 2.45) is 0 Å². The Morgan fingerprint density at radius 1 is 0.974 bits per heavy atom. The number of allylic oxidation sites excluding steroid dienone is 3. The Bertz CT molecular complexity index is 1320. The highest BCUT2D eigenvalue weighted by Crippen LogP contribution is 2.47. The van der Waals surface area contributed by atoms with E-state index < -0.39 is 11.9 Å². The fourth-order valence-electron chi connectivity index (χ4n) is 5.98. The lowest BCUT2D eigenvalue weighted by atomic mass is 9.71. The molecule has 1 heterocycles. The number of hydrogen-bond acceptors (Lipinski definition) is 7. The maximum absolute atomic E-state index is 13.8. The van der Waals surface area contributed by atoms with Gasteiger partial charge in [0.05, 0.1) is 12.7 Å². The molecule has 2 atom stereocenters. The molecule has 2 aromatic rings. The zero-order valence-corrected chi connectivity index (χ0v) is 22.0. The first-order chi connectivity index (χ1) is 18.4. The molecule has 2 aromatic carbocycles. The Hall–Kier alpha value is -3.87. The van der Waals surface area contributed by atoms with Crippen molar-refractivity contribution < 1.29 is 28.6 Å². The zero-order chi connectivity index (χ0) is 26.8. The number of esters is 2. The van der Waals surface area contributed by atoms with Gasteiger partial charge in [-0.3, -0.25) is 9.59 Å². The molecule has 1 aliphatic heterocycles. The molecule has 0 radical (unpaired) electrons. The average molecular weight is 516 g/mol. The number of benzene rings is 2. The molecule has 0 saturated heterocycles. The Morgan fingerprint density at radius 3 is 2.37 bits per heavy atom. The first kappa shape index (κ1) is 25.8. The number of carbonyl (C=O) groups is 3. The normalized spacial score (nSPS) is 21.6. The molecule has 5 rings (SSSR count). The number of Topliss-reactive ketones (excluding diaryl/α,β-unsaturated/α-hetero) is 1. The summed E-state index contributed by atoms with van der Waals surface area (Å²) in [5, 5.41) is 3.41. The minimum atomic E-state index is -0.572. The lowest BCUT2D eigenvalue weighted by Gasteiger charge is -2.37. The molecular formula is C31H33NO6. The monoisotopic (exact) mass is 515 g/mol. The van der Waals surface area contributed by atoms with Gasteiger partial charge in [-0.15, -0.1) is 0 Å².